The summed E-state index contributed by atoms with van der Waals surface area (Å²) in [6.45, 7) is 3.90. The second-order valence-electron chi connectivity index (χ2n) is 6.97. The number of hydrogen-bond donors (Lipinski definition) is 0. The van der Waals surface area contributed by atoms with Crippen molar-refractivity contribution in [3.8, 4) is 17.3 Å². The molecule has 0 amide bonds. The van der Waals surface area contributed by atoms with E-state index >= 15 is 0 Å². The SMILES string of the molecule is C=Cn1c(C2=C(C#N)C(=O)C3(CCCCC3)O2)ccc1-c1ccc(Cl)cc1. The van der Waals surface area contributed by atoms with Crippen LogP contribution in [0, 0.1) is 11.3 Å². The Morgan fingerprint density at radius 3 is 2.41 bits per heavy atom. The van der Waals surface area contributed by atoms with Gasteiger partial charge in [0.2, 0.25) is 5.78 Å². The summed E-state index contributed by atoms with van der Waals surface area (Å²) in [6, 6.07) is 13.4. The molecule has 0 saturated heterocycles. The Labute approximate surface area is 163 Å². The third kappa shape index (κ3) is 2.79. The largest absolute Gasteiger partial charge is 0.475 e. The maximum absolute atomic E-state index is 13.0. The van der Waals surface area contributed by atoms with Crippen molar-refractivity contribution in [2.24, 2.45) is 0 Å². The van der Waals surface area contributed by atoms with Gasteiger partial charge in [0.15, 0.2) is 11.4 Å². The first kappa shape index (κ1) is 17.6. The molecule has 1 spiro atoms. The zero-order valence-electron chi connectivity index (χ0n) is 14.9. The molecular formula is C22H19ClN2O2. The molecule has 2 aliphatic rings. The number of carbonyl (C=O) groups is 1. The molecule has 1 aromatic heterocycles. The molecule has 4 nitrogen and oxygen atoms in total. The third-order valence-corrected chi connectivity index (χ3v) is 5.66. The minimum atomic E-state index is -0.866. The summed E-state index contributed by atoms with van der Waals surface area (Å²) in [4.78, 5) is 13.0. The Balaban J connectivity index is 1.80. The van der Waals surface area contributed by atoms with Gasteiger partial charge in [-0.3, -0.25) is 4.79 Å². The number of ketones is 1. The molecule has 27 heavy (non-hydrogen) atoms. The number of nitriles is 1. The average Bonchev–Trinajstić information content (AvgIpc) is 3.22. The Morgan fingerprint density at radius 1 is 1.11 bits per heavy atom. The minimum absolute atomic E-state index is 0.112. The topological polar surface area (TPSA) is 55.0 Å². The predicted molar refractivity (Wildman–Crippen MR) is 106 cm³/mol. The average molecular weight is 379 g/mol. The van der Waals surface area contributed by atoms with E-state index in [2.05, 4.69) is 12.6 Å². The van der Waals surface area contributed by atoms with Crippen LogP contribution in [-0.4, -0.2) is 16.0 Å². The number of aromatic nitrogens is 1. The first-order valence-corrected chi connectivity index (χ1v) is 9.46. The number of benzene rings is 1. The van der Waals surface area contributed by atoms with E-state index in [0.29, 0.717) is 29.3 Å². The lowest BCUT2D eigenvalue weighted by Crippen LogP contribution is -2.39. The highest BCUT2D eigenvalue weighted by atomic mass is 35.5. The highest BCUT2D eigenvalue weighted by molar-refractivity contribution is 6.30. The predicted octanol–water partition coefficient (Wildman–Crippen LogP) is 5.45. The zero-order valence-corrected chi connectivity index (χ0v) is 15.6. The van der Waals surface area contributed by atoms with Gasteiger partial charge < -0.3 is 9.30 Å². The number of halogens is 1. The molecule has 1 aromatic carbocycles. The van der Waals surface area contributed by atoms with Gasteiger partial charge in [0.1, 0.15) is 11.6 Å². The highest BCUT2D eigenvalue weighted by Crippen LogP contribution is 2.45. The molecule has 4 rings (SSSR count). The number of Topliss-reactive ketones (excluding diaryl/α,β-unsaturated/α-hetero) is 1. The van der Waals surface area contributed by atoms with Crippen molar-refractivity contribution in [2.45, 2.75) is 37.7 Å². The van der Waals surface area contributed by atoms with E-state index in [-0.39, 0.29) is 11.4 Å². The van der Waals surface area contributed by atoms with E-state index in [9.17, 15) is 10.1 Å². The fraction of sp³-hybridized carbons (Fsp3) is 0.273. The number of carbonyl (C=O) groups excluding carboxylic acids is 1. The highest BCUT2D eigenvalue weighted by Gasteiger charge is 2.50. The van der Waals surface area contributed by atoms with Gasteiger partial charge in [0.05, 0.1) is 11.4 Å². The summed E-state index contributed by atoms with van der Waals surface area (Å²) >= 11 is 5.99. The van der Waals surface area contributed by atoms with E-state index in [1.807, 2.05) is 41.0 Å². The molecule has 5 heteroatoms. The molecular weight excluding hydrogens is 360 g/mol. The maximum atomic E-state index is 13.0. The van der Waals surface area contributed by atoms with Crippen LogP contribution in [0.15, 0.2) is 48.6 Å². The van der Waals surface area contributed by atoms with Crippen LogP contribution >= 0.6 is 11.6 Å². The lowest BCUT2D eigenvalue weighted by molar-refractivity contribution is -0.131. The Morgan fingerprint density at radius 2 is 1.78 bits per heavy atom. The molecule has 2 heterocycles. The van der Waals surface area contributed by atoms with Gasteiger partial charge in [-0.25, -0.2) is 0 Å². The van der Waals surface area contributed by atoms with Gasteiger partial charge in [-0.1, -0.05) is 36.7 Å². The fourth-order valence-electron chi connectivity index (χ4n) is 4.04. The molecule has 1 saturated carbocycles. The van der Waals surface area contributed by atoms with Crippen molar-refractivity contribution in [2.75, 3.05) is 0 Å². The van der Waals surface area contributed by atoms with Crippen molar-refractivity contribution in [1.29, 1.82) is 5.26 Å². The van der Waals surface area contributed by atoms with Crippen LogP contribution in [0.2, 0.25) is 5.02 Å². The van der Waals surface area contributed by atoms with E-state index in [4.69, 9.17) is 16.3 Å². The molecule has 0 bridgehead atoms. The minimum Gasteiger partial charge on any atom is -0.475 e. The quantitative estimate of drug-likeness (QED) is 0.713. The Kier molecular flexibility index (Phi) is 4.41. The molecule has 1 fully saturated rings. The Bertz CT molecular complexity index is 986. The molecule has 0 atom stereocenters. The molecule has 1 aliphatic carbocycles. The van der Waals surface area contributed by atoms with E-state index in [1.54, 1.807) is 6.20 Å². The van der Waals surface area contributed by atoms with Crippen LogP contribution in [0.5, 0.6) is 0 Å². The lowest BCUT2D eigenvalue weighted by atomic mass is 9.81. The summed E-state index contributed by atoms with van der Waals surface area (Å²) in [5.41, 5.74) is 1.77. The van der Waals surface area contributed by atoms with E-state index < -0.39 is 5.60 Å². The van der Waals surface area contributed by atoms with Crippen LogP contribution < -0.4 is 0 Å². The number of nitrogens with zero attached hydrogens (tertiary/aromatic N) is 2. The van der Waals surface area contributed by atoms with Gasteiger partial charge in [0.25, 0.3) is 0 Å². The van der Waals surface area contributed by atoms with Crippen molar-refractivity contribution >= 4 is 29.3 Å². The summed E-state index contributed by atoms with van der Waals surface area (Å²) in [7, 11) is 0. The van der Waals surface area contributed by atoms with Crippen molar-refractivity contribution < 1.29 is 9.53 Å². The van der Waals surface area contributed by atoms with Gasteiger partial charge >= 0.3 is 0 Å². The Hall–Kier alpha value is -2.77. The van der Waals surface area contributed by atoms with E-state index in [0.717, 1.165) is 30.5 Å². The van der Waals surface area contributed by atoms with Crippen molar-refractivity contribution in [3.05, 3.63) is 59.3 Å². The van der Waals surface area contributed by atoms with Crippen LogP contribution in [0.1, 0.15) is 37.8 Å². The van der Waals surface area contributed by atoms with Crippen LogP contribution in [0.25, 0.3) is 23.2 Å². The molecule has 0 N–H and O–H groups in total. The summed E-state index contributed by atoms with van der Waals surface area (Å²) in [6.07, 6.45) is 5.98. The summed E-state index contributed by atoms with van der Waals surface area (Å²) in [5, 5.41) is 10.3. The maximum Gasteiger partial charge on any atom is 0.220 e. The van der Waals surface area contributed by atoms with Crippen molar-refractivity contribution in [1.82, 2.24) is 4.57 Å². The third-order valence-electron chi connectivity index (χ3n) is 5.41. The molecule has 1 aliphatic heterocycles. The first-order chi connectivity index (χ1) is 13.1. The van der Waals surface area contributed by atoms with Crippen LogP contribution in [-0.2, 0) is 9.53 Å². The number of hydrogen-bond acceptors (Lipinski definition) is 3. The van der Waals surface area contributed by atoms with Crippen LogP contribution in [0.3, 0.4) is 0 Å². The fourth-order valence-corrected chi connectivity index (χ4v) is 4.17. The van der Waals surface area contributed by atoms with E-state index in [1.165, 1.54) is 0 Å². The van der Waals surface area contributed by atoms with Gasteiger partial charge in [-0.15, -0.1) is 0 Å². The number of ether oxygens (including phenoxy) is 1. The second-order valence-corrected chi connectivity index (χ2v) is 7.40. The van der Waals surface area contributed by atoms with Crippen molar-refractivity contribution in [3.63, 3.8) is 0 Å². The summed E-state index contributed by atoms with van der Waals surface area (Å²) in [5.74, 6) is 0.189. The van der Waals surface area contributed by atoms with Gasteiger partial charge in [-0.2, -0.15) is 5.26 Å². The monoisotopic (exact) mass is 378 g/mol. The van der Waals surface area contributed by atoms with Gasteiger partial charge in [-0.05, 0) is 55.5 Å². The standard InChI is InChI=1S/C22H19ClN2O2/c1-2-25-18(15-6-8-16(23)9-7-15)10-11-19(25)20-17(14-24)21(26)22(27-20)12-4-3-5-13-22/h2,6-11H,1,3-5,12-13H2. The molecule has 136 valence electrons. The summed E-state index contributed by atoms with van der Waals surface area (Å²) < 4.78 is 8.07. The number of rotatable bonds is 3. The molecule has 0 radical (unpaired) electrons. The molecule has 2 aromatic rings. The second kappa shape index (κ2) is 6.75. The zero-order chi connectivity index (χ0) is 19.0. The normalized spacial score (nSPS) is 18.4. The van der Waals surface area contributed by atoms with Gasteiger partial charge in [0, 0.05) is 11.2 Å². The molecule has 0 unspecified atom stereocenters. The first-order valence-electron chi connectivity index (χ1n) is 9.08. The lowest BCUT2D eigenvalue weighted by Gasteiger charge is -2.31. The smallest absolute Gasteiger partial charge is 0.220 e. The van der Waals surface area contributed by atoms with Crippen LogP contribution in [0.4, 0.5) is 0 Å².